The van der Waals surface area contributed by atoms with Crippen LogP contribution in [0.2, 0.25) is 0 Å². The van der Waals surface area contributed by atoms with Crippen molar-refractivity contribution in [2.45, 2.75) is 50.8 Å². The fraction of sp³-hybridized carbons (Fsp3) is 0.520. The van der Waals surface area contributed by atoms with Crippen LogP contribution in [-0.4, -0.2) is 59.4 Å². The van der Waals surface area contributed by atoms with E-state index in [0.717, 1.165) is 56.7 Å². The molecule has 8 nitrogen and oxygen atoms in total. The number of piperidine rings is 1. The van der Waals surface area contributed by atoms with Crippen LogP contribution in [0.4, 0.5) is 0 Å². The van der Waals surface area contributed by atoms with Gasteiger partial charge in [0.2, 0.25) is 5.91 Å². The van der Waals surface area contributed by atoms with E-state index in [9.17, 15) is 9.90 Å². The van der Waals surface area contributed by atoms with Gasteiger partial charge in [-0.1, -0.05) is 24.3 Å². The summed E-state index contributed by atoms with van der Waals surface area (Å²) in [6.07, 6.45) is 9.64. The molecule has 1 spiro atoms. The topological polar surface area (TPSA) is 89.1 Å². The Bertz CT molecular complexity index is 1220. The van der Waals surface area contributed by atoms with E-state index in [1.165, 1.54) is 11.1 Å². The first-order valence-electron chi connectivity index (χ1n) is 12.1. The van der Waals surface area contributed by atoms with Gasteiger partial charge in [-0.15, -0.1) is 10.2 Å². The lowest BCUT2D eigenvalue weighted by atomic mass is 9.53. The third-order valence-corrected chi connectivity index (χ3v) is 8.85. The third kappa shape index (κ3) is 2.73. The van der Waals surface area contributed by atoms with E-state index >= 15 is 0 Å². The molecule has 1 saturated carbocycles. The number of aromatic nitrogens is 5. The molecule has 8 heteroatoms. The number of carbonyl (C=O) groups excluding carboxylic acids is 1. The van der Waals surface area contributed by atoms with Crippen molar-refractivity contribution in [1.29, 1.82) is 0 Å². The average molecular weight is 445 g/mol. The molecule has 1 N–H and O–H groups in total. The van der Waals surface area contributed by atoms with Gasteiger partial charge in [0.25, 0.3) is 0 Å². The molecular weight excluding hydrogens is 416 g/mol. The van der Waals surface area contributed by atoms with Gasteiger partial charge in [-0.05, 0) is 31.2 Å². The summed E-state index contributed by atoms with van der Waals surface area (Å²) in [5.41, 5.74) is 3.62. The minimum Gasteiger partial charge on any atom is -0.392 e. The highest BCUT2D eigenvalue weighted by molar-refractivity contribution is 5.79. The van der Waals surface area contributed by atoms with Crippen molar-refractivity contribution < 1.29 is 9.90 Å². The predicted molar refractivity (Wildman–Crippen MR) is 120 cm³/mol. The molecule has 2 fully saturated rings. The molecule has 1 amide bonds. The van der Waals surface area contributed by atoms with Crippen LogP contribution in [0.1, 0.15) is 43.1 Å². The van der Waals surface area contributed by atoms with Crippen LogP contribution < -0.4 is 0 Å². The molecule has 0 radical (unpaired) electrons. The Balaban J connectivity index is 1.04. The van der Waals surface area contributed by atoms with Crippen molar-refractivity contribution in [3.8, 4) is 11.3 Å². The van der Waals surface area contributed by atoms with E-state index in [0.29, 0.717) is 6.54 Å². The molecule has 7 rings (SSSR count). The number of aliphatic hydroxyl groups excluding tert-OH is 1. The van der Waals surface area contributed by atoms with Crippen LogP contribution in [0.25, 0.3) is 11.3 Å². The van der Waals surface area contributed by atoms with E-state index in [4.69, 9.17) is 0 Å². The Labute approximate surface area is 192 Å². The number of aryl methyl sites for hydroxylation is 1. The SMILES string of the molecule is O=C(C1CCc2nncn2C1)N1CCC2(CC1)C[C@@H]([C@H]1c3ccccc3-c3cncn31)[C@H]2O. The highest BCUT2D eigenvalue weighted by Crippen LogP contribution is 2.59. The van der Waals surface area contributed by atoms with Crippen LogP contribution >= 0.6 is 0 Å². The zero-order valence-corrected chi connectivity index (χ0v) is 18.5. The van der Waals surface area contributed by atoms with Gasteiger partial charge in [-0.2, -0.15) is 0 Å². The zero-order valence-electron chi connectivity index (χ0n) is 18.5. The molecule has 4 aliphatic rings. The second-order valence-electron chi connectivity index (χ2n) is 10.4. The van der Waals surface area contributed by atoms with E-state index in [2.05, 4.69) is 44.0 Å². The maximum Gasteiger partial charge on any atom is 0.227 e. The van der Waals surface area contributed by atoms with Crippen molar-refractivity contribution in [2.24, 2.45) is 17.3 Å². The van der Waals surface area contributed by atoms with E-state index in [1.54, 1.807) is 6.33 Å². The third-order valence-electron chi connectivity index (χ3n) is 8.85. The first-order valence-corrected chi connectivity index (χ1v) is 12.1. The first-order chi connectivity index (χ1) is 16.1. The minimum atomic E-state index is -0.351. The maximum absolute atomic E-state index is 13.2. The van der Waals surface area contributed by atoms with E-state index in [-0.39, 0.29) is 35.3 Å². The molecule has 1 saturated heterocycles. The van der Waals surface area contributed by atoms with Crippen LogP contribution in [0.3, 0.4) is 0 Å². The molecule has 33 heavy (non-hydrogen) atoms. The maximum atomic E-state index is 13.2. The second kappa shape index (κ2) is 7.00. The fourth-order valence-corrected chi connectivity index (χ4v) is 6.98. The summed E-state index contributed by atoms with van der Waals surface area (Å²) in [4.78, 5) is 19.6. The molecule has 5 heterocycles. The zero-order chi connectivity index (χ0) is 22.2. The number of likely N-dealkylation sites (tertiary alicyclic amines) is 1. The number of nitrogens with zero attached hydrogens (tertiary/aromatic N) is 6. The highest BCUT2D eigenvalue weighted by atomic mass is 16.3. The Hall–Kier alpha value is -3.00. The van der Waals surface area contributed by atoms with Gasteiger partial charge in [-0.25, -0.2) is 4.98 Å². The molecule has 1 aromatic carbocycles. The van der Waals surface area contributed by atoms with Crippen molar-refractivity contribution in [1.82, 2.24) is 29.2 Å². The minimum absolute atomic E-state index is 0.0104. The predicted octanol–water partition coefficient (Wildman–Crippen LogP) is 2.30. The van der Waals surface area contributed by atoms with Gasteiger partial charge in [0.05, 0.1) is 36.3 Å². The van der Waals surface area contributed by atoms with Crippen molar-refractivity contribution >= 4 is 5.91 Å². The standard InChI is InChI=1S/C25H28N6O2/c32-23-19(22-18-4-2-1-3-17(18)20-12-26-14-31(20)22)11-25(23)7-9-29(10-8-25)24(33)16-5-6-21-28-27-15-30(21)13-16/h1-4,12,14-16,19,22-23,32H,5-11,13H2/t16?,19-,22+,23+/m0/s1. The first kappa shape index (κ1) is 19.5. The number of hydrogen-bond donors (Lipinski definition) is 1. The number of rotatable bonds is 2. The molecule has 3 aromatic rings. The number of carbonyl (C=O) groups is 1. The molecule has 4 atom stereocenters. The molecular formula is C25H28N6O2. The summed E-state index contributed by atoms with van der Waals surface area (Å²) >= 11 is 0. The summed E-state index contributed by atoms with van der Waals surface area (Å²) in [6.45, 7) is 2.17. The number of aliphatic hydroxyl groups is 1. The number of hydrogen-bond acceptors (Lipinski definition) is 5. The molecule has 170 valence electrons. The summed E-state index contributed by atoms with van der Waals surface area (Å²) in [5, 5.41) is 19.5. The number of benzene rings is 1. The van der Waals surface area contributed by atoms with Gasteiger partial charge in [-0.3, -0.25) is 4.79 Å². The monoisotopic (exact) mass is 444 g/mol. The van der Waals surface area contributed by atoms with E-state index in [1.807, 2.05) is 22.0 Å². The summed E-state index contributed by atoms with van der Waals surface area (Å²) < 4.78 is 4.26. The lowest BCUT2D eigenvalue weighted by Gasteiger charge is -2.58. The van der Waals surface area contributed by atoms with Gasteiger partial charge < -0.3 is 19.1 Å². The normalized spacial score (nSPS) is 29.3. The quantitative estimate of drug-likeness (QED) is 0.655. The molecule has 2 aromatic heterocycles. The van der Waals surface area contributed by atoms with Gasteiger partial charge in [0.1, 0.15) is 12.2 Å². The van der Waals surface area contributed by atoms with Gasteiger partial charge >= 0.3 is 0 Å². The van der Waals surface area contributed by atoms with Crippen LogP contribution in [-0.2, 0) is 17.8 Å². The molecule has 1 unspecified atom stereocenters. The Morgan fingerprint density at radius 1 is 1.15 bits per heavy atom. The number of imidazole rings is 1. The van der Waals surface area contributed by atoms with Gasteiger partial charge in [0, 0.05) is 43.0 Å². The van der Waals surface area contributed by atoms with Crippen molar-refractivity contribution in [3.63, 3.8) is 0 Å². The van der Waals surface area contributed by atoms with Crippen molar-refractivity contribution in [2.75, 3.05) is 13.1 Å². The highest BCUT2D eigenvalue weighted by Gasteiger charge is 2.58. The molecule has 1 aliphatic carbocycles. The molecule has 3 aliphatic heterocycles. The Kier molecular flexibility index (Phi) is 4.13. The summed E-state index contributed by atoms with van der Waals surface area (Å²) in [5.74, 6) is 1.43. The van der Waals surface area contributed by atoms with E-state index < -0.39 is 0 Å². The number of amides is 1. The van der Waals surface area contributed by atoms with Crippen LogP contribution in [0.15, 0.2) is 43.1 Å². The lowest BCUT2D eigenvalue weighted by molar-refractivity contribution is -0.166. The summed E-state index contributed by atoms with van der Waals surface area (Å²) in [6, 6.07) is 8.66. The lowest BCUT2D eigenvalue weighted by Crippen LogP contribution is -2.60. The fourth-order valence-electron chi connectivity index (χ4n) is 6.98. The average Bonchev–Trinajstić information content (AvgIpc) is 3.58. The Morgan fingerprint density at radius 3 is 2.85 bits per heavy atom. The van der Waals surface area contributed by atoms with Crippen LogP contribution in [0.5, 0.6) is 0 Å². The number of fused-ring (bicyclic) bond motifs is 4. The van der Waals surface area contributed by atoms with Gasteiger partial charge in [0.15, 0.2) is 0 Å². The second-order valence-corrected chi connectivity index (χ2v) is 10.4. The van der Waals surface area contributed by atoms with Crippen molar-refractivity contribution in [3.05, 3.63) is 54.5 Å². The molecule has 0 bridgehead atoms. The largest absolute Gasteiger partial charge is 0.392 e. The summed E-state index contributed by atoms with van der Waals surface area (Å²) in [7, 11) is 0. The Morgan fingerprint density at radius 2 is 2.00 bits per heavy atom. The van der Waals surface area contributed by atoms with Crippen LogP contribution in [0, 0.1) is 17.3 Å². The smallest absolute Gasteiger partial charge is 0.227 e.